The fourth-order valence-electron chi connectivity index (χ4n) is 1.63. The number of aromatic nitrogens is 2. The molecule has 0 atom stereocenters. The Hall–Kier alpha value is -1.95. The van der Waals surface area contributed by atoms with E-state index in [9.17, 15) is 4.79 Å². The lowest BCUT2D eigenvalue weighted by Crippen LogP contribution is -2.13. The summed E-state index contributed by atoms with van der Waals surface area (Å²) in [7, 11) is 0. The molecule has 0 saturated carbocycles. The topological polar surface area (TPSA) is 80.9 Å². The van der Waals surface area contributed by atoms with E-state index < -0.39 is 0 Å². The number of carbonyl (C=O) groups excluding carboxylic acids is 1. The smallest absolute Gasteiger partial charge is 0.286 e. The van der Waals surface area contributed by atoms with Crippen molar-refractivity contribution in [3.8, 4) is 0 Å². The Morgan fingerprint density at radius 3 is 2.83 bits per heavy atom. The summed E-state index contributed by atoms with van der Waals surface area (Å²) < 4.78 is 0. The van der Waals surface area contributed by atoms with Crippen LogP contribution in [0, 0.1) is 0 Å². The highest BCUT2D eigenvalue weighted by atomic mass is 32.1. The predicted molar refractivity (Wildman–Crippen MR) is 72.7 cm³/mol. The number of rotatable bonds is 4. The fraction of sp³-hybridized carbons (Fsp3) is 0.250. The molecule has 1 aromatic heterocycles. The van der Waals surface area contributed by atoms with Gasteiger partial charge in [0, 0.05) is 5.69 Å². The van der Waals surface area contributed by atoms with Gasteiger partial charge in [-0.25, -0.2) is 0 Å². The number of nitrogens with one attached hydrogen (secondary N) is 1. The van der Waals surface area contributed by atoms with Crippen molar-refractivity contribution in [2.24, 2.45) is 0 Å². The number of anilines is 2. The molecule has 5 nitrogen and oxygen atoms in total. The number of benzene rings is 1. The third kappa shape index (κ3) is 2.84. The zero-order chi connectivity index (χ0) is 13.0. The standard InChI is InChI=1S/C12H14N4OS/c1-2-5-8-6-3-4-7-9(8)14-10(17)11-15-16-12(13)18-11/h3-4,6-7H,2,5H2,1H3,(H2,13,16)(H,14,17). The minimum Gasteiger partial charge on any atom is -0.374 e. The molecule has 0 spiro atoms. The molecular formula is C12H14N4OS. The number of nitrogens with zero attached hydrogens (tertiary/aromatic N) is 2. The Balaban J connectivity index is 2.16. The van der Waals surface area contributed by atoms with Gasteiger partial charge in [0.2, 0.25) is 10.1 Å². The van der Waals surface area contributed by atoms with Crippen molar-refractivity contribution in [3.05, 3.63) is 34.8 Å². The number of aryl methyl sites for hydroxylation is 1. The molecular weight excluding hydrogens is 248 g/mol. The van der Waals surface area contributed by atoms with Crippen LogP contribution in [-0.4, -0.2) is 16.1 Å². The SMILES string of the molecule is CCCc1ccccc1NC(=O)c1nnc(N)s1. The lowest BCUT2D eigenvalue weighted by atomic mass is 10.1. The van der Waals surface area contributed by atoms with Crippen LogP contribution >= 0.6 is 11.3 Å². The first-order valence-corrected chi connectivity index (χ1v) is 6.50. The van der Waals surface area contributed by atoms with Gasteiger partial charge in [-0.2, -0.15) is 0 Å². The van der Waals surface area contributed by atoms with Gasteiger partial charge in [-0.3, -0.25) is 4.79 Å². The number of para-hydroxylation sites is 1. The number of hydrogen-bond acceptors (Lipinski definition) is 5. The van der Waals surface area contributed by atoms with Gasteiger partial charge in [-0.05, 0) is 18.1 Å². The molecule has 1 heterocycles. The van der Waals surface area contributed by atoms with Gasteiger partial charge in [0.1, 0.15) is 0 Å². The van der Waals surface area contributed by atoms with Crippen molar-refractivity contribution in [2.45, 2.75) is 19.8 Å². The van der Waals surface area contributed by atoms with E-state index >= 15 is 0 Å². The van der Waals surface area contributed by atoms with Crippen LogP contribution in [0.1, 0.15) is 28.7 Å². The largest absolute Gasteiger partial charge is 0.374 e. The number of amides is 1. The number of nitrogens with two attached hydrogens (primary N) is 1. The fourth-order valence-corrected chi connectivity index (χ4v) is 2.14. The molecule has 0 radical (unpaired) electrons. The summed E-state index contributed by atoms with van der Waals surface area (Å²) in [6.07, 6.45) is 1.95. The Morgan fingerprint density at radius 1 is 1.39 bits per heavy atom. The molecule has 94 valence electrons. The maximum absolute atomic E-state index is 11.9. The second kappa shape index (κ2) is 5.59. The summed E-state index contributed by atoms with van der Waals surface area (Å²) in [5, 5.41) is 10.8. The summed E-state index contributed by atoms with van der Waals surface area (Å²) >= 11 is 1.08. The molecule has 6 heteroatoms. The number of carbonyl (C=O) groups is 1. The van der Waals surface area contributed by atoms with Gasteiger partial charge in [0.25, 0.3) is 5.91 Å². The maximum Gasteiger partial charge on any atom is 0.286 e. The minimum atomic E-state index is -0.271. The zero-order valence-corrected chi connectivity index (χ0v) is 10.8. The van der Waals surface area contributed by atoms with E-state index in [2.05, 4.69) is 22.4 Å². The van der Waals surface area contributed by atoms with E-state index in [-0.39, 0.29) is 10.9 Å². The lowest BCUT2D eigenvalue weighted by molar-refractivity contribution is 0.102. The highest BCUT2D eigenvalue weighted by Crippen LogP contribution is 2.19. The quantitative estimate of drug-likeness (QED) is 0.886. The van der Waals surface area contributed by atoms with Gasteiger partial charge < -0.3 is 11.1 Å². The average molecular weight is 262 g/mol. The first-order chi connectivity index (χ1) is 8.70. The maximum atomic E-state index is 11.9. The third-order valence-corrected chi connectivity index (χ3v) is 3.17. The second-order valence-electron chi connectivity index (χ2n) is 3.81. The van der Waals surface area contributed by atoms with Crippen molar-refractivity contribution in [1.29, 1.82) is 0 Å². The third-order valence-electron chi connectivity index (χ3n) is 2.42. The molecule has 2 aromatic rings. The van der Waals surface area contributed by atoms with Crippen molar-refractivity contribution >= 4 is 28.1 Å². The minimum absolute atomic E-state index is 0.271. The van der Waals surface area contributed by atoms with E-state index in [4.69, 9.17) is 5.73 Å². The summed E-state index contributed by atoms with van der Waals surface area (Å²) in [5.74, 6) is -0.271. The molecule has 0 saturated heterocycles. The van der Waals surface area contributed by atoms with E-state index in [0.717, 1.165) is 35.4 Å². The van der Waals surface area contributed by atoms with Crippen molar-refractivity contribution in [1.82, 2.24) is 10.2 Å². The summed E-state index contributed by atoms with van der Waals surface area (Å²) in [6.45, 7) is 2.10. The van der Waals surface area contributed by atoms with Gasteiger partial charge >= 0.3 is 0 Å². The molecule has 0 fully saturated rings. The molecule has 1 amide bonds. The Bertz CT molecular complexity index is 553. The molecule has 0 aliphatic rings. The first-order valence-electron chi connectivity index (χ1n) is 5.69. The van der Waals surface area contributed by atoms with Gasteiger partial charge in [-0.1, -0.05) is 42.9 Å². The molecule has 18 heavy (non-hydrogen) atoms. The monoisotopic (exact) mass is 262 g/mol. The molecule has 0 aliphatic carbocycles. The summed E-state index contributed by atoms with van der Waals surface area (Å²) in [4.78, 5) is 11.9. The van der Waals surface area contributed by atoms with Crippen LogP contribution in [-0.2, 0) is 6.42 Å². The van der Waals surface area contributed by atoms with E-state index in [1.165, 1.54) is 0 Å². The van der Waals surface area contributed by atoms with E-state index in [0.29, 0.717) is 5.13 Å². The molecule has 0 unspecified atom stereocenters. The van der Waals surface area contributed by atoms with Crippen LogP contribution in [0.2, 0.25) is 0 Å². The molecule has 0 aliphatic heterocycles. The second-order valence-corrected chi connectivity index (χ2v) is 4.82. The van der Waals surface area contributed by atoms with E-state index in [1.54, 1.807) is 0 Å². The predicted octanol–water partition coefficient (Wildman–Crippen LogP) is 2.33. The first kappa shape index (κ1) is 12.5. The number of nitrogen functional groups attached to an aromatic ring is 1. The Labute approximate surface area is 109 Å². The molecule has 3 N–H and O–H groups in total. The van der Waals surface area contributed by atoms with Crippen LogP contribution in [0.3, 0.4) is 0 Å². The van der Waals surface area contributed by atoms with Crippen molar-refractivity contribution in [3.63, 3.8) is 0 Å². The molecule has 2 rings (SSSR count). The Morgan fingerprint density at radius 2 is 2.17 bits per heavy atom. The van der Waals surface area contributed by atoms with Gasteiger partial charge in [0.15, 0.2) is 0 Å². The molecule has 0 bridgehead atoms. The van der Waals surface area contributed by atoms with Gasteiger partial charge in [0.05, 0.1) is 0 Å². The zero-order valence-electron chi connectivity index (χ0n) is 10.0. The van der Waals surface area contributed by atoms with E-state index in [1.807, 2.05) is 24.3 Å². The van der Waals surface area contributed by atoms with Crippen LogP contribution in [0.15, 0.2) is 24.3 Å². The van der Waals surface area contributed by atoms with Crippen LogP contribution in [0.25, 0.3) is 0 Å². The number of hydrogen-bond donors (Lipinski definition) is 2. The highest BCUT2D eigenvalue weighted by Gasteiger charge is 2.13. The van der Waals surface area contributed by atoms with Crippen LogP contribution in [0.5, 0.6) is 0 Å². The average Bonchev–Trinajstić information content (AvgIpc) is 2.79. The normalized spacial score (nSPS) is 10.3. The molecule has 1 aromatic carbocycles. The summed E-state index contributed by atoms with van der Waals surface area (Å²) in [5.41, 5.74) is 7.39. The van der Waals surface area contributed by atoms with Crippen LogP contribution < -0.4 is 11.1 Å². The van der Waals surface area contributed by atoms with Crippen molar-refractivity contribution in [2.75, 3.05) is 11.1 Å². The van der Waals surface area contributed by atoms with Gasteiger partial charge in [-0.15, -0.1) is 10.2 Å². The Kier molecular flexibility index (Phi) is 3.88. The summed E-state index contributed by atoms with van der Waals surface area (Å²) in [6, 6.07) is 7.74. The van der Waals surface area contributed by atoms with Crippen molar-refractivity contribution < 1.29 is 4.79 Å². The lowest BCUT2D eigenvalue weighted by Gasteiger charge is -2.08. The van der Waals surface area contributed by atoms with Crippen LogP contribution in [0.4, 0.5) is 10.8 Å². The highest BCUT2D eigenvalue weighted by molar-refractivity contribution is 7.16.